The summed E-state index contributed by atoms with van der Waals surface area (Å²) < 4.78 is 34.6. The molecule has 0 radical (unpaired) electrons. The highest BCUT2D eigenvalue weighted by Crippen LogP contribution is 2.56. The fourth-order valence-corrected chi connectivity index (χ4v) is 3.44. The summed E-state index contributed by atoms with van der Waals surface area (Å²) in [6.45, 7) is 10.3. The number of nitrogens with zero attached hydrogens (tertiary/aromatic N) is 1. The van der Waals surface area contributed by atoms with Gasteiger partial charge in [-0.05, 0) is 53.7 Å². The topological polar surface area (TPSA) is 96.0 Å². The molecule has 0 aliphatic rings. The number of phosphoric ester groups is 1. The predicted molar refractivity (Wildman–Crippen MR) is 93.4 cm³/mol. The highest BCUT2D eigenvalue weighted by Gasteiger charge is 2.37. The van der Waals surface area contributed by atoms with E-state index in [4.69, 9.17) is 18.3 Å². The zero-order valence-electron chi connectivity index (χ0n) is 15.8. The van der Waals surface area contributed by atoms with E-state index in [1.807, 2.05) is 0 Å². The number of phosphoric acid groups is 1. The molecule has 0 bridgehead atoms. The van der Waals surface area contributed by atoms with Crippen molar-refractivity contribution in [1.82, 2.24) is 10.3 Å². The smallest absolute Gasteiger partial charge is 0.391 e. The van der Waals surface area contributed by atoms with Gasteiger partial charge in [-0.2, -0.15) is 0 Å². The van der Waals surface area contributed by atoms with Gasteiger partial charge >= 0.3 is 13.9 Å². The monoisotopic (exact) mass is 374 g/mol. The lowest BCUT2D eigenvalue weighted by Gasteiger charge is -2.30. The molecule has 1 amide bonds. The largest absolute Gasteiger partial charge is 0.476 e. The van der Waals surface area contributed by atoms with Crippen LogP contribution in [0.5, 0.6) is 5.88 Å². The molecule has 8 nitrogen and oxygen atoms in total. The standard InChI is InChI=1S/C16H27N2O6P/c1-15(2,3)23-25(20,24-16(4,5)6)21-11-12-9-8-10-18-13(12)22-14(19)17-7/h8-10H,11H2,1-7H3,(H,17,19). The third-order valence-corrected chi connectivity index (χ3v) is 4.38. The first kappa shape index (κ1) is 21.6. The van der Waals surface area contributed by atoms with Gasteiger partial charge in [0.2, 0.25) is 5.88 Å². The molecule has 0 atom stereocenters. The van der Waals surface area contributed by atoms with Crippen molar-refractivity contribution in [2.24, 2.45) is 0 Å². The van der Waals surface area contributed by atoms with Crippen molar-refractivity contribution < 1.29 is 27.7 Å². The molecule has 1 aromatic heterocycles. The minimum atomic E-state index is -3.87. The van der Waals surface area contributed by atoms with Crippen LogP contribution in [-0.2, 0) is 24.7 Å². The number of amides is 1. The van der Waals surface area contributed by atoms with Crippen LogP contribution in [0.4, 0.5) is 4.79 Å². The lowest BCUT2D eigenvalue weighted by molar-refractivity contribution is 0.000729. The van der Waals surface area contributed by atoms with Crippen molar-refractivity contribution in [1.29, 1.82) is 0 Å². The van der Waals surface area contributed by atoms with Crippen LogP contribution in [0.25, 0.3) is 0 Å². The first-order valence-corrected chi connectivity index (χ1v) is 9.29. The number of carbonyl (C=O) groups is 1. The van der Waals surface area contributed by atoms with Crippen LogP contribution in [0.1, 0.15) is 47.1 Å². The second kappa shape index (κ2) is 8.27. The van der Waals surface area contributed by atoms with E-state index >= 15 is 0 Å². The Hall–Kier alpha value is -1.47. The normalized spacial score (nSPS) is 12.8. The number of ether oxygens (including phenoxy) is 1. The van der Waals surface area contributed by atoms with E-state index in [-0.39, 0.29) is 12.5 Å². The predicted octanol–water partition coefficient (Wildman–Crippen LogP) is 4.05. The Morgan fingerprint density at radius 3 is 2.20 bits per heavy atom. The molecule has 1 heterocycles. The van der Waals surface area contributed by atoms with Crippen LogP contribution in [0, 0.1) is 0 Å². The molecule has 1 rings (SSSR count). The Morgan fingerprint density at radius 2 is 1.72 bits per heavy atom. The fraction of sp³-hybridized carbons (Fsp3) is 0.625. The summed E-state index contributed by atoms with van der Waals surface area (Å²) in [7, 11) is -2.44. The maximum Gasteiger partial charge on any atom is 0.476 e. The van der Waals surface area contributed by atoms with E-state index in [1.165, 1.54) is 13.2 Å². The summed E-state index contributed by atoms with van der Waals surface area (Å²) in [4.78, 5) is 15.4. The van der Waals surface area contributed by atoms with Gasteiger partial charge in [-0.15, -0.1) is 0 Å². The van der Waals surface area contributed by atoms with Gasteiger partial charge < -0.3 is 10.1 Å². The average molecular weight is 374 g/mol. The quantitative estimate of drug-likeness (QED) is 0.750. The molecule has 0 aliphatic carbocycles. The highest BCUT2D eigenvalue weighted by molar-refractivity contribution is 7.48. The number of rotatable bonds is 6. The molecule has 0 saturated heterocycles. The minimum Gasteiger partial charge on any atom is -0.391 e. The van der Waals surface area contributed by atoms with Gasteiger partial charge in [0.15, 0.2) is 0 Å². The molecular formula is C16H27N2O6P. The minimum absolute atomic E-state index is 0.0555. The van der Waals surface area contributed by atoms with Gasteiger partial charge in [0, 0.05) is 18.8 Å². The zero-order chi connectivity index (χ0) is 19.3. The Morgan fingerprint density at radius 1 is 1.16 bits per heavy atom. The molecule has 0 saturated carbocycles. The molecule has 0 aliphatic heterocycles. The Kier molecular flexibility index (Phi) is 7.14. The summed E-state index contributed by atoms with van der Waals surface area (Å²) in [6, 6.07) is 3.29. The molecule has 1 aromatic rings. The molecule has 0 aromatic carbocycles. The summed E-state index contributed by atoms with van der Waals surface area (Å²) in [5.41, 5.74) is -1.05. The SMILES string of the molecule is CNC(=O)Oc1ncccc1COP(=O)(OC(C)(C)C)OC(C)(C)C. The van der Waals surface area contributed by atoms with E-state index in [0.717, 1.165) is 0 Å². The van der Waals surface area contributed by atoms with E-state index in [0.29, 0.717) is 5.56 Å². The van der Waals surface area contributed by atoms with Gasteiger partial charge in [0.25, 0.3) is 0 Å². The zero-order valence-corrected chi connectivity index (χ0v) is 16.7. The molecule has 142 valence electrons. The van der Waals surface area contributed by atoms with Crippen molar-refractivity contribution in [3.8, 4) is 5.88 Å². The van der Waals surface area contributed by atoms with Crippen LogP contribution in [0.2, 0.25) is 0 Å². The van der Waals surface area contributed by atoms with Gasteiger partial charge in [-0.1, -0.05) is 0 Å². The Labute approximate surface area is 148 Å². The van der Waals surface area contributed by atoms with Gasteiger partial charge in [-0.3, -0.25) is 13.6 Å². The maximum absolute atomic E-state index is 13.0. The third-order valence-electron chi connectivity index (χ3n) is 2.39. The molecule has 1 N–H and O–H groups in total. The van der Waals surface area contributed by atoms with Crippen molar-refractivity contribution in [3.63, 3.8) is 0 Å². The van der Waals surface area contributed by atoms with Crippen LogP contribution in [0.3, 0.4) is 0 Å². The number of pyridine rings is 1. The van der Waals surface area contributed by atoms with Crippen molar-refractivity contribution in [3.05, 3.63) is 23.9 Å². The van der Waals surface area contributed by atoms with Gasteiger partial charge in [0.05, 0.1) is 17.8 Å². The van der Waals surface area contributed by atoms with Crippen LogP contribution >= 0.6 is 7.82 Å². The van der Waals surface area contributed by atoms with Crippen molar-refractivity contribution in [2.45, 2.75) is 59.4 Å². The van der Waals surface area contributed by atoms with Crippen LogP contribution in [0.15, 0.2) is 18.3 Å². The van der Waals surface area contributed by atoms with E-state index < -0.39 is 25.1 Å². The lowest BCUT2D eigenvalue weighted by Crippen LogP contribution is -2.25. The second-order valence-corrected chi connectivity index (χ2v) is 8.75. The Bertz CT molecular complexity index is 616. The van der Waals surface area contributed by atoms with Gasteiger partial charge in [0.1, 0.15) is 0 Å². The maximum atomic E-state index is 13.0. The van der Waals surface area contributed by atoms with E-state index in [1.54, 1.807) is 53.7 Å². The summed E-state index contributed by atoms with van der Waals surface area (Å²) >= 11 is 0. The van der Waals surface area contributed by atoms with Crippen molar-refractivity contribution >= 4 is 13.9 Å². The molecule has 0 unspecified atom stereocenters. The van der Waals surface area contributed by atoms with E-state index in [9.17, 15) is 9.36 Å². The number of aromatic nitrogens is 1. The average Bonchev–Trinajstić information content (AvgIpc) is 2.42. The highest BCUT2D eigenvalue weighted by atomic mass is 31.2. The molecule has 9 heteroatoms. The lowest BCUT2D eigenvalue weighted by atomic mass is 10.2. The molecular weight excluding hydrogens is 347 g/mol. The van der Waals surface area contributed by atoms with Crippen LogP contribution in [-0.4, -0.2) is 29.3 Å². The molecule has 0 spiro atoms. The first-order valence-electron chi connectivity index (χ1n) is 7.83. The number of hydrogen-bond donors (Lipinski definition) is 1. The number of carbonyl (C=O) groups excluding carboxylic acids is 1. The number of hydrogen-bond acceptors (Lipinski definition) is 7. The van der Waals surface area contributed by atoms with Gasteiger partial charge in [-0.25, -0.2) is 14.3 Å². The third kappa shape index (κ3) is 8.45. The molecule has 0 fully saturated rings. The Balaban J connectivity index is 2.97. The summed E-state index contributed by atoms with van der Waals surface area (Å²) in [5.74, 6) is 0.0555. The summed E-state index contributed by atoms with van der Waals surface area (Å²) in [5, 5.41) is 2.33. The number of nitrogens with one attached hydrogen (secondary N) is 1. The van der Waals surface area contributed by atoms with Crippen LogP contribution < -0.4 is 10.1 Å². The van der Waals surface area contributed by atoms with E-state index in [2.05, 4.69) is 10.3 Å². The van der Waals surface area contributed by atoms with Crippen molar-refractivity contribution in [2.75, 3.05) is 7.05 Å². The fourth-order valence-electron chi connectivity index (χ4n) is 1.66. The second-order valence-electron chi connectivity index (χ2n) is 7.24. The summed E-state index contributed by atoms with van der Waals surface area (Å²) in [6.07, 6.45) is 0.804. The first-order chi connectivity index (χ1) is 11.3. The molecule has 25 heavy (non-hydrogen) atoms.